The molecule has 1 aliphatic rings. The van der Waals surface area contributed by atoms with E-state index in [0.29, 0.717) is 0 Å². The largest absolute Gasteiger partial charge is 0.497 e. The number of ether oxygens (including phenoxy) is 1. The second kappa shape index (κ2) is 5.66. The van der Waals surface area contributed by atoms with Crippen LogP contribution in [0.15, 0.2) is 53.7 Å². The van der Waals surface area contributed by atoms with Crippen LogP contribution < -0.4 is 4.74 Å². The van der Waals surface area contributed by atoms with Crippen LogP contribution in [0.1, 0.15) is 5.56 Å². The van der Waals surface area contributed by atoms with Gasteiger partial charge in [0.15, 0.2) is 5.16 Å². The highest BCUT2D eigenvalue weighted by Gasteiger charge is 2.20. The van der Waals surface area contributed by atoms with Crippen molar-refractivity contribution < 1.29 is 4.74 Å². The molecule has 4 nitrogen and oxygen atoms in total. The molecule has 0 bridgehead atoms. The number of benzene rings is 2. The molecule has 0 amide bonds. The van der Waals surface area contributed by atoms with Crippen LogP contribution in [-0.2, 0) is 13.1 Å². The van der Waals surface area contributed by atoms with Crippen LogP contribution in [0.2, 0.25) is 0 Å². The molecule has 22 heavy (non-hydrogen) atoms. The topological polar surface area (TPSA) is 30.3 Å². The van der Waals surface area contributed by atoms with Crippen molar-refractivity contribution >= 4 is 23.0 Å². The first-order chi connectivity index (χ1) is 10.8. The molecular formula is C17H17N3OS. The van der Waals surface area contributed by atoms with Crippen molar-refractivity contribution in [2.75, 3.05) is 13.7 Å². The van der Waals surface area contributed by atoms with Gasteiger partial charge in [-0.1, -0.05) is 24.3 Å². The first-order valence-electron chi connectivity index (χ1n) is 7.34. The number of nitrogens with zero attached hydrogens (tertiary/aromatic N) is 3. The molecule has 0 atom stereocenters. The Kier molecular flexibility index (Phi) is 3.52. The zero-order valence-electron chi connectivity index (χ0n) is 12.4. The van der Waals surface area contributed by atoms with Crippen LogP contribution in [0.25, 0.3) is 11.0 Å². The first-order valence-corrected chi connectivity index (χ1v) is 8.12. The van der Waals surface area contributed by atoms with E-state index in [2.05, 4.69) is 39.2 Å². The molecule has 4 rings (SSSR count). The number of imidazole rings is 1. The van der Waals surface area contributed by atoms with Gasteiger partial charge in [0.1, 0.15) is 5.75 Å². The van der Waals surface area contributed by atoms with Gasteiger partial charge >= 0.3 is 0 Å². The number of aromatic nitrogens is 2. The van der Waals surface area contributed by atoms with E-state index >= 15 is 0 Å². The molecule has 5 heteroatoms. The monoisotopic (exact) mass is 311 g/mol. The average molecular weight is 311 g/mol. The van der Waals surface area contributed by atoms with Gasteiger partial charge in [-0.15, -0.1) is 0 Å². The molecule has 1 aromatic heterocycles. The molecule has 2 aromatic carbocycles. The van der Waals surface area contributed by atoms with E-state index < -0.39 is 0 Å². The Labute approximate surface area is 133 Å². The third-order valence-corrected chi connectivity index (χ3v) is 4.97. The summed E-state index contributed by atoms with van der Waals surface area (Å²) in [5, 5.41) is 1.08. The highest BCUT2D eigenvalue weighted by Crippen LogP contribution is 2.31. The van der Waals surface area contributed by atoms with Gasteiger partial charge in [0, 0.05) is 19.6 Å². The highest BCUT2D eigenvalue weighted by atomic mass is 32.2. The summed E-state index contributed by atoms with van der Waals surface area (Å²) in [6.07, 6.45) is 0. The average Bonchev–Trinajstić information content (AvgIpc) is 2.93. The number of hydrogen-bond acceptors (Lipinski definition) is 4. The van der Waals surface area contributed by atoms with Crippen molar-refractivity contribution in [2.24, 2.45) is 0 Å². The minimum absolute atomic E-state index is 0.900. The molecule has 0 radical (unpaired) electrons. The van der Waals surface area contributed by atoms with E-state index in [0.717, 1.165) is 36.1 Å². The summed E-state index contributed by atoms with van der Waals surface area (Å²) in [5.74, 6) is 0.900. The summed E-state index contributed by atoms with van der Waals surface area (Å²) in [5.41, 5.74) is 3.60. The number of para-hydroxylation sites is 2. The number of hydrogen-bond donors (Lipinski definition) is 0. The Balaban J connectivity index is 1.53. The molecular weight excluding hydrogens is 294 g/mol. The SMILES string of the molecule is COc1ccc(CN2CCn3c(nc4ccccc43)S2)cc1. The summed E-state index contributed by atoms with van der Waals surface area (Å²) < 4.78 is 9.88. The lowest BCUT2D eigenvalue weighted by atomic mass is 10.2. The highest BCUT2D eigenvalue weighted by molar-refractivity contribution is 7.96. The van der Waals surface area contributed by atoms with Gasteiger partial charge < -0.3 is 9.30 Å². The maximum absolute atomic E-state index is 5.21. The molecule has 112 valence electrons. The second-order valence-corrected chi connectivity index (χ2v) is 6.40. The fraction of sp³-hybridized carbons (Fsp3) is 0.235. The van der Waals surface area contributed by atoms with Crippen LogP contribution in [0.4, 0.5) is 0 Å². The lowest BCUT2D eigenvalue weighted by Gasteiger charge is -2.26. The normalized spacial score (nSPS) is 15.0. The fourth-order valence-electron chi connectivity index (χ4n) is 2.76. The lowest BCUT2D eigenvalue weighted by Crippen LogP contribution is -2.26. The zero-order valence-corrected chi connectivity index (χ0v) is 13.2. The van der Waals surface area contributed by atoms with Crippen molar-refractivity contribution in [3.63, 3.8) is 0 Å². The lowest BCUT2D eigenvalue weighted by molar-refractivity contribution is 0.402. The van der Waals surface area contributed by atoms with E-state index in [1.807, 2.05) is 18.2 Å². The molecule has 0 aliphatic carbocycles. The Morgan fingerprint density at radius 2 is 1.91 bits per heavy atom. The molecule has 0 N–H and O–H groups in total. The van der Waals surface area contributed by atoms with Crippen molar-refractivity contribution in [3.8, 4) is 5.75 Å². The number of fused-ring (bicyclic) bond motifs is 3. The maximum Gasteiger partial charge on any atom is 0.184 e. The van der Waals surface area contributed by atoms with Gasteiger partial charge in [0.25, 0.3) is 0 Å². The van der Waals surface area contributed by atoms with Gasteiger partial charge in [-0.05, 0) is 41.8 Å². The van der Waals surface area contributed by atoms with E-state index in [-0.39, 0.29) is 0 Å². The van der Waals surface area contributed by atoms with Crippen molar-refractivity contribution in [1.29, 1.82) is 0 Å². The Bertz CT molecular complexity index is 797. The van der Waals surface area contributed by atoms with Gasteiger partial charge in [0.05, 0.1) is 18.1 Å². The molecule has 0 saturated carbocycles. The molecule has 3 aromatic rings. The summed E-state index contributed by atoms with van der Waals surface area (Å²) in [6, 6.07) is 16.6. The first kappa shape index (κ1) is 13.7. The van der Waals surface area contributed by atoms with Crippen LogP contribution in [0.5, 0.6) is 5.75 Å². The van der Waals surface area contributed by atoms with Crippen molar-refractivity contribution in [2.45, 2.75) is 18.2 Å². The molecule has 1 aliphatic heterocycles. The summed E-state index contributed by atoms with van der Waals surface area (Å²) in [7, 11) is 1.69. The second-order valence-electron chi connectivity index (χ2n) is 5.34. The predicted molar refractivity (Wildman–Crippen MR) is 89.0 cm³/mol. The molecule has 0 saturated heterocycles. The van der Waals surface area contributed by atoms with Gasteiger partial charge in [-0.3, -0.25) is 0 Å². The van der Waals surface area contributed by atoms with E-state index in [1.165, 1.54) is 11.1 Å². The zero-order chi connectivity index (χ0) is 14.9. The van der Waals surface area contributed by atoms with Gasteiger partial charge in [-0.2, -0.15) is 0 Å². The van der Waals surface area contributed by atoms with Crippen molar-refractivity contribution in [3.05, 3.63) is 54.1 Å². The van der Waals surface area contributed by atoms with E-state index in [4.69, 9.17) is 9.72 Å². The number of methoxy groups -OCH3 is 1. The molecule has 2 heterocycles. The predicted octanol–water partition coefficient (Wildman–Crippen LogP) is 3.57. The van der Waals surface area contributed by atoms with Crippen LogP contribution in [0.3, 0.4) is 0 Å². The maximum atomic E-state index is 5.21. The smallest absolute Gasteiger partial charge is 0.184 e. The third kappa shape index (κ3) is 2.46. The minimum atomic E-state index is 0.900. The van der Waals surface area contributed by atoms with Crippen LogP contribution >= 0.6 is 11.9 Å². The van der Waals surface area contributed by atoms with Gasteiger partial charge in [0.2, 0.25) is 0 Å². The third-order valence-electron chi connectivity index (χ3n) is 3.92. The number of rotatable bonds is 3. The Morgan fingerprint density at radius 3 is 2.73 bits per heavy atom. The summed E-state index contributed by atoms with van der Waals surface area (Å²) >= 11 is 1.74. The molecule has 0 unspecified atom stereocenters. The summed E-state index contributed by atoms with van der Waals surface area (Å²) in [6.45, 7) is 2.92. The summed E-state index contributed by atoms with van der Waals surface area (Å²) in [4.78, 5) is 4.74. The van der Waals surface area contributed by atoms with Crippen molar-refractivity contribution in [1.82, 2.24) is 13.9 Å². The Morgan fingerprint density at radius 1 is 1.09 bits per heavy atom. The molecule has 0 fully saturated rings. The van der Waals surface area contributed by atoms with E-state index in [9.17, 15) is 0 Å². The quantitative estimate of drug-likeness (QED) is 0.692. The van der Waals surface area contributed by atoms with Crippen LogP contribution in [-0.4, -0.2) is 27.5 Å². The fourth-order valence-corrected chi connectivity index (χ4v) is 3.80. The minimum Gasteiger partial charge on any atom is -0.497 e. The van der Waals surface area contributed by atoms with Crippen LogP contribution in [0, 0.1) is 0 Å². The van der Waals surface area contributed by atoms with Gasteiger partial charge in [-0.25, -0.2) is 9.29 Å². The van der Waals surface area contributed by atoms with E-state index in [1.54, 1.807) is 19.1 Å². The molecule has 0 spiro atoms. The Hall–Kier alpha value is -1.98. The standard InChI is InChI=1S/C17H17N3OS/c1-21-14-8-6-13(7-9-14)12-19-10-11-20-16-5-3-2-4-15(16)18-17(20)22-19/h2-9H,10-12H2,1H3.